The van der Waals surface area contributed by atoms with Gasteiger partial charge in [-0.15, -0.1) is 0 Å². The fourth-order valence-electron chi connectivity index (χ4n) is 3.46. The second kappa shape index (κ2) is 10.4. The van der Waals surface area contributed by atoms with Crippen LogP contribution in [0.1, 0.15) is 44.8 Å². The van der Waals surface area contributed by atoms with Crippen LogP contribution in [0, 0.1) is 5.82 Å². The predicted molar refractivity (Wildman–Crippen MR) is 118 cm³/mol. The number of sulfonamides is 1. The molecular weight excluding hydrogens is 441 g/mol. The highest BCUT2D eigenvalue weighted by molar-refractivity contribution is 7.92. The number of imidazole rings is 1. The molecule has 3 N–H and O–H groups in total. The third kappa shape index (κ3) is 6.50. The van der Waals surface area contributed by atoms with Crippen molar-refractivity contribution in [2.24, 2.45) is 0 Å². The Morgan fingerprint density at radius 3 is 2.28 bits per heavy atom. The Kier molecular flexibility index (Phi) is 8.38. The van der Waals surface area contributed by atoms with Gasteiger partial charge in [0.1, 0.15) is 5.82 Å². The first-order chi connectivity index (χ1) is 14.8. The Labute approximate surface area is 187 Å². The van der Waals surface area contributed by atoms with E-state index in [9.17, 15) is 27.8 Å². The first-order valence-corrected chi connectivity index (χ1v) is 12.0. The maximum atomic E-state index is 13.5. The standard InChI is InChI=1S/C21H30FN3O6S/c1-13(2)25-18(10-9-16(26)11-17(27)12-19(28)29)20(14-5-7-15(22)8-6-14)23-21(25)24(3)32(4,30)31/h5-8,13,16-17,26-27H,9-12H2,1-4H3,(H,28,29)/t16-,17-/m1/s1. The zero-order chi connectivity index (χ0) is 24.2. The van der Waals surface area contributed by atoms with Crippen molar-refractivity contribution in [3.63, 3.8) is 0 Å². The monoisotopic (exact) mass is 471 g/mol. The lowest BCUT2D eigenvalue weighted by molar-refractivity contribution is -0.139. The van der Waals surface area contributed by atoms with E-state index in [2.05, 4.69) is 4.98 Å². The molecule has 32 heavy (non-hydrogen) atoms. The van der Waals surface area contributed by atoms with Crippen molar-refractivity contribution in [3.05, 3.63) is 35.8 Å². The van der Waals surface area contributed by atoms with Gasteiger partial charge in [0.25, 0.3) is 0 Å². The molecule has 2 atom stereocenters. The first-order valence-electron chi connectivity index (χ1n) is 10.2. The molecule has 1 heterocycles. The minimum atomic E-state index is -3.61. The van der Waals surface area contributed by atoms with E-state index in [0.29, 0.717) is 17.0 Å². The highest BCUT2D eigenvalue weighted by Crippen LogP contribution is 2.33. The molecule has 0 aliphatic heterocycles. The number of rotatable bonds is 11. The van der Waals surface area contributed by atoms with Gasteiger partial charge in [-0.1, -0.05) is 0 Å². The molecule has 2 aromatic rings. The van der Waals surface area contributed by atoms with Gasteiger partial charge in [0.15, 0.2) is 0 Å². The molecule has 0 aliphatic carbocycles. The van der Waals surface area contributed by atoms with E-state index in [-0.39, 0.29) is 31.3 Å². The average Bonchev–Trinajstić information content (AvgIpc) is 3.04. The number of hydrogen-bond acceptors (Lipinski definition) is 6. The summed E-state index contributed by atoms with van der Waals surface area (Å²) in [4.78, 5) is 15.3. The zero-order valence-corrected chi connectivity index (χ0v) is 19.4. The zero-order valence-electron chi connectivity index (χ0n) is 18.6. The van der Waals surface area contributed by atoms with Crippen LogP contribution in [0.5, 0.6) is 0 Å². The summed E-state index contributed by atoms with van der Waals surface area (Å²) in [6.07, 6.45) is -1.20. The number of carboxylic acid groups (broad SMARTS) is 1. The second-order valence-corrected chi connectivity index (χ2v) is 10.1. The molecule has 0 spiro atoms. The molecule has 1 aromatic heterocycles. The lowest BCUT2D eigenvalue weighted by Gasteiger charge is -2.22. The molecule has 1 aromatic carbocycles. The number of hydrogen-bond donors (Lipinski definition) is 3. The van der Waals surface area contributed by atoms with E-state index >= 15 is 0 Å². The Morgan fingerprint density at radius 1 is 1.19 bits per heavy atom. The number of benzene rings is 1. The Morgan fingerprint density at radius 2 is 1.78 bits per heavy atom. The van der Waals surface area contributed by atoms with Crippen LogP contribution in [0.3, 0.4) is 0 Å². The molecule has 2 rings (SSSR count). The van der Waals surface area contributed by atoms with Crippen LogP contribution in [-0.2, 0) is 21.2 Å². The van der Waals surface area contributed by atoms with Gasteiger partial charge in [-0.2, -0.15) is 0 Å². The van der Waals surface area contributed by atoms with Crippen LogP contribution in [0.25, 0.3) is 11.3 Å². The van der Waals surface area contributed by atoms with E-state index in [1.54, 1.807) is 16.7 Å². The predicted octanol–water partition coefficient (Wildman–Crippen LogP) is 2.19. The molecule has 0 unspecified atom stereocenters. The number of aliphatic carboxylic acids is 1. The van der Waals surface area contributed by atoms with Gasteiger partial charge in [0, 0.05) is 24.3 Å². The molecule has 0 amide bonds. The maximum Gasteiger partial charge on any atom is 0.305 e. The highest BCUT2D eigenvalue weighted by atomic mass is 32.2. The van der Waals surface area contributed by atoms with Crippen molar-refractivity contribution in [2.45, 2.75) is 57.8 Å². The topological polar surface area (TPSA) is 133 Å². The highest BCUT2D eigenvalue weighted by Gasteiger charge is 2.27. The van der Waals surface area contributed by atoms with Gasteiger partial charge < -0.3 is 19.9 Å². The molecular formula is C21H30FN3O6S. The summed E-state index contributed by atoms with van der Waals surface area (Å²) in [5, 5.41) is 28.9. The van der Waals surface area contributed by atoms with Gasteiger partial charge in [0.05, 0.1) is 30.6 Å². The average molecular weight is 472 g/mol. The van der Waals surface area contributed by atoms with E-state index < -0.39 is 40.4 Å². The molecule has 178 valence electrons. The SMILES string of the molecule is CC(C)n1c(N(C)S(C)(=O)=O)nc(-c2ccc(F)cc2)c1CC[C@@H](O)C[C@@H](O)CC(=O)O. The number of aromatic nitrogens is 2. The number of carbonyl (C=O) groups is 1. The fraction of sp³-hybridized carbons (Fsp3) is 0.524. The van der Waals surface area contributed by atoms with E-state index in [0.717, 1.165) is 10.6 Å². The number of aliphatic hydroxyl groups excluding tert-OH is 2. The van der Waals surface area contributed by atoms with Crippen molar-refractivity contribution in [1.29, 1.82) is 0 Å². The Hall–Kier alpha value is -2.50. The number of carboxylic acids is 1. The van der Waals surface area contributed by atoms with Crippen LogP contribution in [0.15, 0.2) is 24.3 Å². The lowest BCUT2D eigenvalue weighted by atomic mass is 10.0. The summed E-state index contributed by atoms with van der Waals surface area (Å²) in [7, 11) is -2.22. The van der Waals surface area contributed by atoms with Crippen molar-refractivity contribution in [2.75, 3.05) is 17.6 Å². The largest absolute Gasteiger partial charge is 0.481 e. The summed E-state index contributed by atoms with van der Waals surface area (Å²) in [5.41, 5.74) is 1.69. The minimum absolute atomic E-state index is 0.107. The number of nitrogens with zero attached hydrogens (tertiary/aromatic N) is 3. The van der Waals surface area contributed by atoms with E-state index in [4.69, 9.17) is 5.11 Å². The third-order valence-corrected chi connectivity index (χ3v) is 6.23. The minimum Gasteiger partial charge on any atom is -0.481 e. The van der Waals surface area contributed by atoms with Crippen molar-refractivity contribution in [1.82, 2.24) is 9.55 Å². The molecule has 0 radical (unpaired) electrons. The van der Waals surface area contributed by atoms with Gasteiger partial charge in [-0.3, -0.25) is 4.79 Å². The summed E-state index contributed by atoms with van der Waals surface area (Å²) in [6.45, 7) is 3.73. The number of halogens is 1. The van der Waals surface area contributed by atoms with Crippen molar-refractivity contribution < 1.29 is 32.9 Å². The van der Waals surface area contributed by atoms with E-state index in [1.807, 2.05) is 13.8 Å². The summed E-state index contributed by atoms with van der Waals surface area (Å²) in [6, 6.07) is 5.47. The Balaban J connectivity index is 2.47. The second-order valence-electron chi connectivity index (χ2n) is 8.09. The molecule has 0 bridgehead atoms. The summed E-state index contributed by atoms with van der Waals surface area (Å²) in [5.74, 6) is -1.39. The van der Waals surface area contributed by atoms with Gasteiger partial charge in [0.2, 0.25) is 16.0 Å². The molecule has 0 fully saturated rings. The van der Waals surface area contributed by atoms with Gasteiger partial charge in [-0.25, -0.2) is 22.1 Å². The Bertz CT molecular complexity index is 1040. The van der Waals surface area contributed by atoms with Gasteiger partial charge in [-0.05, 0) is 57.4 Å². The van der Waals surface area contributed by atoms with Gasteiger partial charge >= 0.3 is 5.97 Å². The summed E-state index contributed by atoms with van der Waals surface area (Å²) >= 11 is 0. The lowest BCUT2D eigenvalue weighted by Crippen LogP contribution is -2.29. The molecule has 0 saturated carbocycles. The molecule has 0 saturated heterocycles. The fourth-order valence-corrected chi connectivity index (χ4v) is 3.89. The number of aliphatic hydroxyl groups is 2. The third-order valence-electron chi connectivity index (χ3n) is 5.07. The first kappa shape index (κ1) is 25.8. The summed E-state index contributed by atoms with van der Waals surface area (Å²) < 4.78 is 40.7. The van der Waals surface area contributed by atoms with Crippen LogP contribution < -0.4 is 4.31 Å². The number of anilines is 1. The maximum absolute atomic E-state index is 13.5. The van der Waals surface area contributed by atoms with E-state index in [1.165, 1.54) is 19.2 Å². The van der Waals surface area contributed by atoms with Crippen LogP contribution in [0.4, 0.5) is 10.3 Å². The van der Waals surface area contributed by atoms with Crippen LogP contribution >= 0.6 is 0 Å². The van der Waals surface area contributed by atoms with Crippen molar-refractivity contribution in [3.8, 4) is 11.3 Å². The normalized spacial score (nSPS) is 13.9. The van der Waals surface area contributed by atoms with Crippen LogP contribution in [0.2, 0.25) is 0 Å². The van der Waals surface area contributed by atoms with Crippen molar-refractivity contribution >= 4 is 21.9 Å². The van der Waals surface area contributed by atoms with Crippen LogP contribution in [-0.4, -0.2) is 64.8 Å². The molecule has 11 heteroatoms. The quantitative estimate of drug-likeness (QED) is 0.457. The molecule has 0 aliphatic rings. The smallest absolute Gasteiger partial charge is 0.305 e. The molecule has 9 nitrogen and oxygen atoms in total.